The average Bonchev–Trinajstić information content (AvgIpc) is 3.05. The summed E-state index contributed by atoms with van der Waals surface area (Å²) in [4.78, 5) is 9.48. The van der Waals surface area contributed by atoms with Crippen molar-refractivity contribution in [2.75, 3.05) is 0 Å². The molecule has 1 heterocycles. The summed E-state index contributed by atoms with van der Waals surface area (Å²) in [5, 5.41) is 7.76. The maximum absolute atomic E-state index is 5.84. The van der Waals surface area contributed by atoms with E-state index in [1.54, 1.807) is 0 Å². The van der Waals surface area contributed by atoms with E-state index >= 15 is 0 Å². The summed E-state index contributed by atoms with van der Waals surface area (Å²) in [7, 11) is 0. The van der Waals surface area contributed by atoms with Crippen LogP contribution >= 0.6 is 0 Å². The summed E-state index contributed by atoms with van der Waals surface area (Å²) >= 11 is 0. The molecule has 0 fully saturated rings. The Morgan fingerprint density at radius 1 is 1.12 bits per heavy atom. The summed E-state index contributed by atoms with van der Waals surface area (Å²) in [6, 6.07) is 17.7. The van der Waals surface area contributed by atoms with Crippen molar-refractivity contribution in [3.8, 4) is 11.5 Å². The highest BCUT2D eigenvalue weighted by atomic mass is 16.6. The van der Waals surface area contributed by atoms with E-state index in [9.17, 15) is 0 Å². The molecule has 2 aromatic carbocycles. The Kier molecular flexibility index (Phi) is 4.86. The standard InChI is InChI=1S/C18H18N4O2/c1-13-7-9-15(10-8-13)18-20-17(22-24-18)12-23-21-16(19)11-14-5-3-2-4-6-14/h2-10H,11-12H2,1H3,(H2,19,21). The van der Waals surface area contributed by atoms with E-state index in [-0.39, 0.29) is 6.61 Å². The van der Waals surface area contributed by atoms with Gasteiger partial charge in [0.15, 0.2) is 6.61 Å². The molecular weight excluding hydrogens is 304 g/mol. The summed E-state index contributed by atoms with van der Waals surface area (Å²) in [6.45, 7) is 2.12. The van der Waals surface area contributed by atoms with Crippen LogP contribution in [-0.4, -0.2) is 16.0 Å². The molecule has 3 aromatic rings. The van der Waals surface area contributed by atoms with Crippen LogP contribution in [0.15, 0.2) is 64.3 Å². The van der Waals surface area contributed by atoms with Crippen LogP contribution in [0.1, 0.15) is 17.0 Å². The predicted molar refractivity (Wildman–Crippen MR) is 91.0 cm³/mol. The molecule has 0 amide bonds. The molecule has 122 valence electrons. The Labute approximate surface area is 139 Å². The number of oxime groups is 1. The predicted octanol–water partition coefficient (Wildman–Crippen LogP) is 3.08. The van der Waals surface area contributed by atoms with Crippen molar-refractivity contribution in [1.29, 1.82) is 0 Å². The second-order valence-electron chi connectivity index (χ2n) is 5.40. The molecule has 0 saturated heterocycles. The van der Waals surface area contributed by atoms with Crippen molar-refractivity contribution in [2.45, 2.75) is 20.0 Å². The lowest BCUT2D eigenvalue weighted by Gasteiger charge is -2.00. The minimum atomic E-state index is 0.102. The number of aryl methyl sites for hydroxylation is 1. The largest absolute Gasteiger partial charge is 0.386 e. The van der Waals surface area contributed by atoms with Crippen molar-refractivity contribution in [1.82, 2.24) is 10.1 Å². The fourth-order valence-electron chi connectivity index (χ4n) is 2.14. The van der Waals surface area contributed by atoms with Gasteiger partial charge in [0.25, 0.3) is 5.89 Å². The lowest BCUT2D eigenvalue weighted by molar-refractivity contribution is 0.122. The molecule has 0 aliphatic heterocycles. The zero-order valence-electron chi connectivity index (χ0n) is 13.3. The molecule has 0 spiro atoms. The van der Waals surface area contributed by atoms with Gasteiger partial charge in [0.05, 0.1) is 0 Å². The third kappa shape index (κ3) is 4.19. The van der Waals surface area contributed by atoms with E-state index in [0.717, 1.165) is 11.1 Å². The second kappa shape index (κ2) is 7.41. The quantitative estimate of drug-likeness (QED) is 0.428. The lowest BCUT2D eigenvalue weighted by atomic mass is 10.1. The topological polar surface area (TPSA) is 86.5 Å². The third-order valence-electron chi connectivity index (χ3n) is 3.37. The van der Waals surface area contributed by atoms with Crippen LogP contribution in [0.25, 0.3) is 11.5 Å². The van der Waals surface area contributed by atoms with Gasteiger partial charge in [0, 0.05) is 12.0 Å². The van der Waals surface area contributed by atoms with E-state index in [0.29, 0.717) is 24.0 Å². The Hall–Kier alpha value is -3.15. The van der Waals surface area contributed by atoms with Gasteiger partial charge < -0.3 is 15.1 Å². The van der Waals surface area contributed by atoms with Crippen molar-refractivity contribution in [3.05, 3.63) is 71.5 Å². The van der Waals surface area contributed by atoms with Crippen LogP contribution in [0.5, 0.6) is 0 Å². The first-order chi connectivity index (χ1) is 11.7. The van der Waals surface area contributed by atoms with Gasteiger partial charge >= 0.3 is 0 Å². The first kappa shape index (κ1) is 15.7. The molecule has 0 unspecified atom stereocenters. The second-order valence-corrected chi connectivity index (χ2v) is 5.40. The number of rotatable bonds is 6. The van der Waals surface area contributed by atoms with Crippen LogP contribution in [0, 0.1) is 6.92 Å². The van der Waals surface area contributed by atoms with E-state index in [1.807, 2.05) is 61.5 Å². The molecule has 6 nitrogen and oxygen atoms in total. The van der Waals surface area contributed by atoms with Crippen LogP contribution in [0.2, 0.25) is 0 Å². The molecule has 3 rings (SSSR count). The van der Waals surface area contributed by atoms with Crippen LogP contribution < -0.4 is 5.73 Å². The zero-order chi connectivity index (χ0) is 16.8. The normalized spacial score (nSPS) is 11.5. The Morgan fingerprint density at radius 2 is 1.88 bits per heavy atom. The number of nitrogens with two attached hydrogens (primary N) is 1. The summed E-state index contributed by atoms with van der Waals surface area (Å²) in [5.41, 5.74) is 8.95. The Morgan fingerprint density at radius 3 is 2.62 bits per heavy atom. The number of hydrogen-bond donors (Lipinski definition) is 1. The minimum Gasteiger partial charge on any atom is -0.386 e. The van der Waals surface area contributed by atoms with Crippen molar-refractivity contribution in [3.63, 3.8) is 0 Å². The van der Waals surface area contributed by atoms with E-state index in [4.69, 9.17) is 15.1 Å². The summed E-state index contributed by atoms with van der Waals surface area (Å²) in [6.07, 6.45) is 0.529. The first-order valence-corrected chi connectivity index (χ1v) is 7.58. The highest BCUT2D eigenvalue weighted by molar-refractivity contribution is 5.82. The lowest BCUT2D eigenvalue weighted by Crippen LogP contribution is -2.15. The fraction of sp³-hybridized carbons (Fsp3) is 0.167. The number of hydrogen-bond acceptors (Lipinski definition) is 5. The number of nitrogens with zero attached hydrogens (tertiary/aromatic N) is 3. The molecule has 0 aliphatic carbocycles. The molecule has 24 heavy (non-hydrogen) atoms. The molecular formula is C18H18N4O2. The number of amidine groups is 1. The average molecular weight is 322 g/mol. The smallest absolute Gasteiger partial charge is 0.258 e. The molecule has 6 heteroatoms. The van der Waals surface area contributed by atoms with Gasteiger partial charge in [0.2, 0.25) is 5.82 Å². The van der Waals surface area contributed by atoms with Gasteiger partial charge in [-0.3, -0.25) is 0 Å². The molecule has 0 aliphatic rings. The Balaban J connectivity index is 1.55. The third-order valence-corrected chi connectivity index (χ3v) is 3.37. The van der Waals surface area contributed by atoms with Crippen LogP contribution in [0.3, 0.4) is 0 Å². The maximum atomic E-state index is 5.84. The summed E-state index contributed by atoms with van der Waals surface area (Å²) in [5.74, 6) is 1.26. The highest BCUT2D eigenvalue weighted by Gasteiger charge is 2.09. The van der Waals surface area contributed by atoms with Gasteiger partial charge in [-0.2, -0.15) is 4.98 Å². The first-order valence-electron chi connectivity index (χ1n) is 7.58. The SMILES string of the molecule is Cc1ccc(-c2nc(CO/N=C(\N)Cc3ccccc3)no2)cc1. The molecule has 0 bridgehead atoms. The van der Waals surface area contributed by atoms with Gasteiger partial charge in [-0.1, -0.05) is 58.3 Å². The molecule has 2 N–H and O–H groups in total. The highest BCUT2D eigenvalue weighted by Crippen LogP contribution is 2.17. The van der Waals surface area contributed by atoms with Crippen molar-refractivity contribution >= 4 is 5.84 Å². The van der Waals surface area contributed by atoms with E-state index < -0.39 is 0 Å². The van der Waals surface area contributed by atoms with Gasteiger partial charge in [-0.05, 0) is 24.6 Å². The van der Waals surface area contributed by atoms with Crippen molar-refractivity contribution in [2.24, 2.45) is 10.9 Å². The van der Waals surface area contributed by atoms with Gasteiger partial charge in [-0.25, -0.2) is 0 Å². The molecule has 0 saturated carbocycles. The van der Waals surface area contributed by atoms with Gasteiger partial charge in [-0.15, -0.1) is 0 Å². The minimum absolute atomic E-state index is 0.102. The Bertz CT molecular complexity index is 811. The van der Waals surface area contributed by atoms with Crippen molar-refractivity contribution < 1.29 is 9.36 Å². The van der Waals surface area contributed by atoms with Crippen LogP contribution in [-0.2, 0) is 17.9 Å². The fourth-order valence-corrected chi connectivity index (χ4v) is 2.14. The van der Waals surface area contributed by atoms with Crippen LogP contribution in [0.4, 0.5) is 0 Å². The maximum Gasteiger partial charge on any atom is 0.258 e. The van der Waals surface area contributed by atoms with E-state index in [2.05, 4.69) is 15.3 Å². The number of aromatic nitrogens is 2. The van der Waals surface area contributed by atoms with Gasteiger partial charge in [0.1, 0.15) is 5.84 Å². The number of benzene rings is 2. The monoisotopic (exact) mass is 322 g/mol. The zero-order valence-corrected chi connectivity index (χ0v) is 13.3. The molecule has 0 atom stereocenters. The molecule has 0 radical (unpaired) electrons. The van der Waals surface area contributed by atoms with E-state index in [1.165, 1.54) is 5.56 Å². The summed E-state index contributed by atoms with van der Waals surface area (Å²) < 4.78 is 5.22. The molecule has 1 aromatic heterocycles.